The summed E-state index contributed by atoms with van der Waals surface area (Å²) in [6.07, 6.45) is 1.80. The Labute approximate surface area is 121 Å². The summed E-state index contributed by atoms with van der Waals surface area (Å²) in [6, 6.07) is 8.09. The lowest BCUT2D eigenvalue weighted by Gasteiger charge is -2.26. The van der Waals surface area contributed by atoms with Crippen LogP contribution in [0.25, 0.3) is 0 Å². The summed E-state index contributed by atoms with van der Waals surface area (Å²) < 4.78 is 0. The molecule has 0 aromatic heterocycles. The standard InChI is InChI=1S/C16H25N3O/c1-4-9-19(11-10-18(2)3)16(20)15-12-13-7-5-6-8-14(13)17-15/h5-8,15,17H,4,9-12H2,1-3H3. The van der Waals surface area contributed by atoms with Crippen molar-refractivity contribution in [1.29, 1.82) is 0 Å². The van der Waals surface area contributed by atoms with Crippen molar-refractivity contribution < 1.29 is 4.79 Å². The van der Waals surface area contributed by atoms with Gasteiger partial charge in [-0.15, -0.1) is 0 Å². The van der Waals surface area contributed by atoms with Crippen molar-refractivity contribution >= 4 is 11.6 Å². The van der Waals surface area contributed by atoms with Gasteiger partial charge in [-0.1, -0.05) is 25.1 Å². The number of hydrogen-bond acceptors (Lipinski definition) is 3. The number of rotatable bonds is 6. The van der Waals surface area contributed by atoms with Crippen LogP contribution in [0.1, 0.15) is 18.9 Å². The van der Waals surface area contributed by atoms with Gasteiger partial charge in [0.1, 0.15) is 6.04 Å². The fourth-order valence-electron chi connectivity index (χ4n) is 2.59. The molecule has 1 aliphatic heterocycles. The Hall–Kier alpha value is -1.55. The zero-order valence-electron chi connectivity index (χ0n) is 12.7. The molecule has 2 rings (SSSR count). The Morgan fingerprint density at radius 3 is 2.65 bits per heavy atom. The number of nitrogens with one attached hydrogen (secondary N) is 1. The third-order valence-corrected chi connectivity index (χ3v) is 3.69. The molecule has 0 radical (unpaired) electrons. The van der Waals surface area contributed by atoms with Gasteiger partial charge in [0.2, 0.25) is 5.91 Å². The van der Waals surface area contributed by atoms with Crippen LogP contribution in [-0.4, -0.2) is 55.5 Å². The molecule has 0 saturated carbocycles. The van der Waals surface area contributed by atoms with Crippen LogP contribution in [0.3, 0.4) is 0 Å². The van der Waals surface area contributed by atoms with E-state index in [0.717, 1.165) is 38.2 Å². The molecule has 1 amide bonds. The third-order valence-electron chi connectivity index (χ3n) is 3.69. The number of hydrogen-bond donors (Lipinski definition) is 1. The molecular weight excluding hydrogens is 250 g/mol. The van der Waals surface area contributed by atoms with Crippen LogP contribution < -0.4 is 5.32 Å². The van der Waals surface area contributed by atoms with Gasteiger partial charge in [-0.3, -0.25) is 4.79 Å². The summed E-state index contributed by atoms with van der Waals surface area (Å²) in [5, 5.41) is 3.36. The number of carbonyl (C=O) groups excluding carboxylic acids is 1. The highest BCUT2D eigenvalue weighted by Crippen LogP contribution is 2.26. The molecule has 1 heterocycles. The molecule has 20 heavy (non-hydrogen) atoms. The topological polar surface area (TPSA) is 35.6 Å². The predicted molar refractivity (Wildman–Crippen MR) is 83.0 cm³/mol. The second kappa shape index (κ2) is 6.75. The van der Waals surface area contributed by atoms with Crippen LogP contribution in [0.5, 0.6) is 0 Å². The first-order valence-electron chi connectivity index (χ1n) is 7.39. The molecule has 1 aliphatic rings. The van der Waals surface area contributed by atoms with E-state index in [-0.39, 0.29) is 11.9 Å². The average molecular weight is 275 g/mol. The lowest BCUT2D eigenvalue weighted by atomic mass is 10.1. The molecule has 1 aromatic rings. The maximum atomic E-state index is 12.7. The molecule has 0 saturated heterocycles. The molecule has 0 fully saturated rings. The second-order valence-electron chi connectivity index (χ2n) is 5.69. The van der Waals surface area contributed by atoms with E-state index in [0.29, 0.717) is 0 Å². The Kier molecular flexibility index (Phi) is 5.01. The number of amides is 1. The monoisotopic (exact) mass is 275 g/mol. The van der Waals surface area contributed by atoms with Gasteiger partial charge in [0, 0.05) is 31.7 Å². The van der Waals surface area contributed by atoms with Gasteiger partial charge in [-0.05, 0) is 32.1 Å². The quantitative estimate of drug-likeness (QED) is 0.860. The molecule has 4 heteroatoms. The van der Waals surface area contributed by atoms with Crippen LogP contribution in [-0.2, 0) is 11.2 Å². The summed E-state index contributed by atoms with van der Waals surface area (Å²) in [4.78, 5) is 16.8. The first kappa shape index (κ1) is 14.9. The summed E-state index contributed by atoms with van der Waals surface area (Å²) in [5.41, 5.74) is 2.35. The predicted octanol–water partition coefficient (Wildman–Crippen LogP) is 1.82. The van der Waals surface area contributed by atoms with Gasteiger partial charge in [0.05, 0.1) is 0 Å². The Bertz CT molecular complexity index is 434. The van der Waals surface area contributed by atoms with Crippen molar-refractivity contribution in [3.63, 3.8) is 0 Å². The maximum absolute atomic E-state index is 12.7. The minimum absolute atomic E-state index is 0.0962. The summed E-state index contributed by atoms with van der Waals surface area (Å²) >= 11 is 0. The molecular formula is C16H25N3O. The molecule has 4 nitrogen and oxygen atoms in total. The van der Waals surface area contributed by atoms with E-state index in [2.05, 4.69) is 23.2 Å². The van der Waals surface area contributed by atoms with Crippen LogP contribution >= 0.6 is 0 Å². The molecule has 0 spiro atoms. The lowest BCUT2D eigenvalue weighted by Crippen LogP contribution is -2.45. The Morgan fingerprint density at radius 2 is 2.00 bits per heavy atom. The van der Waals surface area contributed by atoms with E-state index in [1.165, 1.54) is 5.56 Å². The van der Waals surface area contributed by atoms with Crippen LogP contribution in [0.4, 0.5) is 5.69 Å². The number of para-hydroxylation sites is 1. The van der Waals surface area contributed by atoms with Crippen molar-refractivity contribution in [2.75, 3.05) is 39.0 Å². The minimum atomic E-state index is -0.0962. The summed E-state index contributed by atoms with van der Waals surface area (Å²) in [7, 11) is 4.08. The van der Waals surface area contributed by atoms with Gasteiger partial charge < -0.3 is 15.1 Å². The second-order valence-corrected chi connectivity index (χ2v) is 5.69. The fourth-order valence-corrected chi connectivity index (χ4v) is 2.59. The van der Waals surface area contributed by atoms with Crippen molar-refractivity contribution in [2.24, 2.45) is 0 Å². The van der Waals surface area contributed by atoms with E-state index in [9.17, 15) is 4.79 Å². The van der Waals surface area contributed by atoms with E-state index >= 15 is 0 Å². The highest BCUT2D eigenvalue weighted by Gasteiger charge is 2.29. The van der Waals surface area contributed by atoms with Gasteiger partial charge >= 0.3 is 0 Å². The van der Waals surface area contributed by atoms with Gasteiger partial charge in [-0.2, -0.15) is 0 Å². The number of benzene rings is 1. The first-order chi connectivity index (χ1) is 9.61. The number of carbonyl (C=O) groups is 1. The van der Waals surface area contributed by atoms with Crippen LogP contribution in [0, 0.1) is 0 Å². The lowest BCUT2D eigenvalue weighted by molar-refractivity contribution is -0.132. The normalized spacial score (nSPS) is 16.9. The zero-order valence-corrected chi connectivity index (χ0v) is 12.7. The molecule has 1 N–H and O–H groups in total. The van der Waals surface area contributed by atoms with Gasteiger partial charge in [0.15, 0.2) is 0 Å². The van der Waals surface area contributed by atoms with Gasteiger partial charge in [-0.25, -0.2) is 0 Å². The average Bonchev–Trinajstić information content (AvgIpc) is 2.86. The summed E-state index contributed by atoms with van der Waals surface area (Å²) in [6.45, 7) is 4.66. The minimum Gasteiger partial charge on any atom is -0.373 e. The molecule has 1 aromatic carbocycles. The molecule has 1 atom stereocenters. The largest absolute Gasteiger partial charge is 0.373 e. The summed E-state index contributed by atoms with van der Waals surface area (Å²) in [5.74, 6) is 0.227. The number of anilines is 1. The molecule has 0 bridgehead atoms. The molecule has 1 unspecified atom stereocenters. The fraction of sp³-hybridized carbons (Fsp3) is 0.562. The number of fused-ring (bicyclic) bond motifs is 1. The number of nitrogens with zero attached hydrogens (tertiary/aromatic N) is 2. The van der Waals surface area contributed by atoms with E-state index in [4.69, 9.17) is 0 Å². The van der Waals surface area contributed by atoms with Crippen molar-refractivity contribution in [2.45, 2.75) is 25.8 Å². The highest BCUT2D eigenvalue weighted by molar-refractivity contribution is 5.87. The van der Waals surface area contributed by atoms with E-state index in [1.54, 1.807) is 0 Å². The van der Waals surface area contributed by atoms with Gasteiger partial charge in [0.25, 0.3) is 0 Å². The van der Waals surface area contributed by atoms with E-state index in [1.807, 2.05) is 37.2 Å². The van der Waals surface area contributed by atoms with Crippen LogP contribution in [0.15, 0.2) is 24.3 Å². The highest BCUT2D eigenvalue weighted by atomic mass is 16.2. The zero-order chi connectivity index (χ0) is 14.5. The third kappa shape index (κ3) is 3.51. The van der Waals surface area contributed by atoms with Crippen molar-refractivity contribution in [1.82, 2.24) is 9.80 Å². The first-order valence-corrected chi connectivity index (χ1v) is 7.39. The Morgan fingerprint density at radius 1 is 1.25 bits per heavy atom. The number of likely N-dealkylation sites (N-methyl/N-ethyl adjacent to an activating group) is 1. The smallest absolute Gasteiger partial charge is 0.245 e. The van der Waals surface area contributed by atoms with Crippen molar-refractivity contribution in [3.05, 3.63) is 29.8 Å². The van der Waals surface area contributed by atoms with Crippen molar-refractivity contribution in [3.8, 4) is 0 Å². The molecule has 110 valence electrons. The molecule has 0 aliphatic carbocycles. The Balaban J connectivity index is 1.98. The van der Waals surface area contributed by atoms with E-state index < -0.39 is 0 Å². The van der Waals surface area contributed by atoms with Crippen LogP contribution in [0.2, 0.25) is 0 Å². The SMILES string of the molecule is CCCN(CCN(C)C)C(=O)C1Cc2ccccc2N1. The maximum Gasteiger partial charge on any atom is 0.245 e.